The van der Waals surface area contributed by atoms with Crippen LogP contribution in [0.4, 0.5) is 4.79 Å². The highest BCUT2D eigenvalue weighted by atomic mass is 32.1. The fourth-order valence-electron chi connectivity index (χ4n) is 4.58. The van der Waals surface area contributed by atoms with Gasteiger partial charge < -0.3 is 19.5 Å². The lowest BCUT2D eigenvalue weighted by Gasteiger charge is -2.33. The first-order valence-corrected chi connectivity index (χ1v) is 11.3. The van der Waals surface area contributed by atoms with Crippen molar-refractivity contribution in [3.8, 4) is 5.00 Å². The van der Waals surface area contributed by atoms with Crippen molar-refractivity contribution in [3.63, 3.8) is 0 Å². The number of carbonyl (C=O) groups excluding carboxylic acids is 2. The smallest absolute Gasteiger partial charge is 0.325 e. The summed E-state index contributed by atoms with van der Waals surface area (Å²) in [4.78, 5) is 28.3. The number of ether oxygens (including phenoxy) is 1. The predicted octanol–water partition coefficient (Wildman–Crippen LogP) is 4.20. The molecule has 0 radical (unpaired) electrons. The molecule has 0 fully saturated rings. The van der Waals surface area contributed by atoms with E-state index in [1.807, 2.05) is 16.2 Å². The van der Waals surface area contributed by atoms with E-state index in [9.17, 15) is 9.59 Å². The standard InChI is InChI=1S/C22H29N3O3S/c1-4-28-19(26)12-23-22(27)25-13-16-15-8-5-6-10-18(15)29-21(16)24-11-7-9-17(24)20(25)14(2)3/h7,9,11,14,20H,4-6,8,10,12-13H2,1-3H3,(H,23,27). The van der Waals surface area contributed by atoms with E-state index in [4.69, 9.17) is 4.74 Å². The predicted molar refractivity (Wildman–Crippen MR) is 113 cm³/mol. The zero-order chi connectivity index (χ0) is 20.5. The number of carbonyl (C=O) groups is 2. The summed E-state index contributed by atoms with van der Waals surface area (Å²) in [6.45, 7) is 6.82. The summed E-state index contributed by atoms with van der Waals surface area (Å²) in [5, 5.41) is 4.04. The lowest BCUT2D eigenvalue weighted by Crippen LogP contribution is -2.45. The molecule has 0 saturated carbocycles. The fourth-order valence-corrected chi connectivity index (χ4v) is 5.99. The Morgan fingerprint density at radius 2 is 2.07 bits per heavy atom. The molecular weight excluding hydrogens is 386 g/mol. The molecule has 7 heteroatoms. The first-order chi connectivity index (χ1) is 14.0. The molecule has 4 rings (SSSR count). The molecule has 1 N–H and O–H groups in total. The molecule has 3 heterocycles. The van der Waals surface area contributed by atoms with Crippen LogP contribution >= 0.6 is 11.3 Å². The molecule has 0 saturated heterocycles. The molecule has 1 unspecified atom stereocenters. The number of fused-ring (bicyclic) bond motifs is 5. The van der Waals surface area contributed by atoms with Crippen LogP contribution in [0.25, 0.3) is 5.00 Å². The lowest BCUT2D eigenvalue weighted by molar-refractivity contribution is -0.141. The number of hydrogen-bond donors (Lipinski definition) is 1. The number of amides is 2. The third-order valence-electron chi connectivity index (χ3n) is 5.81. The van der Waals surface area contributed by atoms with E-state index in [0.717, 1.165) is 18.5 Å². The summed E-state index contributed by atoms with van der Waals surface area (Å²) in [5.74, 6) is -0.171. The summed E-state index contributed by atoms with van der Waals surface area (Å²) in [7, 11) is 0. The number of hydrogen-bond acceptors (Lipinski definition) is 4. The van der Waals surface area contributed by atoms with E-state index in [1.54, 1.807) is 6.92 Å². The second kappa shape index (κ2) is 8.22. The number of nitrogens with one attached hydrogen (secondary N) is 1. The minimum atomic E-state index is -0.409. The van der Waals surface area contributed by atoms with Crippen LogP contribution in [0.3, 0.4) is 0 Å². The van der Waals surface area contributed by atoms with Gasteiger partial charge in [0.1, 0.15) is 11.5 Å². The van der Waals surface area contributed by atoms with Gasteiger partial charge in [0.05, 0.1) is 19.2 Å². The SMILES string of the molecule is CCOC(=O)CNC(=O)N1Cc2c(sc3c2CCCC3)-n2cccc2C1C(C)C. The average molecular weight is 416 g/mol. The minimum absolute atomic E-state index is 0.0639. The molecule has 0 aromatic carbocycles. The summed E-state index contributed by atoms with van der Waals surface area (Å²) >= 11 is 1.88. The largest absolute Gasteiger partial charge is 0.465 e. The molecule has 2 aromatic rings. The van der Waals surface area contributed by atoms with Crippen LogP contribution in [0.5, 0.6) is 0 Å². The van der Waals surface area contributed by atoms with Gasteiger partial charge in [-0.3, -0.25) is 4.79 Å². The number of nitrogens with zero attached hydrogens (tertiary/aromatic N) is 2. The first-order valence-electron chi connectivity index (χ1n) is 10.5. The number of aromatic nitrogens is 1. The van der Waals surface area contributed by atoms with Crippen LogP contribution in [-0.4, -0.2) is 34.6 Å². The van der Waals surface area contributed by atoms with Crippen molar-refractivity contribution < 1.29 is 14.3 Å². The molecule has 2 aliphatic rings. The molecule has 2 amide bonds. The van der Waals surface area contributed by atoms with Gasteiger partial charge in [0.25, 0.3) is 0 Å². The Morgan fingerprint density at radius 1 is 1.28 bits per heavy atom. The van der Waals surface area contributed by atoms with Crippen molar-refractivity contribution in [2.75, 3.05) is 13.2 Å². The van der Waals surface area contributed by atoms with Gasteiger partial charge in [-0.1, -0.05) is 13.8 Å². The number of esters is 1. The van der Waals surface area contributed by atoms with Gasteiger partial charge in [-0.2, -0.15) is 0 Å². The van der Waals surface area contributed by atoms with Crippen LogP contribution < -0.4 is 5.32 Å². The van der Waals surface area contributed by atoms with E-state index in [0.29, 0.717) is 13.2 Å². The molecule has 29 heavy (non-hydrogen) atoms. The van der Waals surface area contributed by atoms with Crippen molar-refractivity contribution in [2.45, 2.75) is 59.0 Å². The third kappa shape index (κ3) is 3.68. The minimum Gasteiger partial charge on any atom is -0.465 e. The van der Waals surface area contributed by atoms with Crippen LogP contribution in [0.2, 0.25) is 0 Å². The topological polar surface area (TPSA) is 63.6 Å². The molecular formula is C22H29N3O3S. The highest BCUT2D eigenvalue weighted by molar-refractivity contribution is 7.15. The van der Waals surface area contributed by atoms with Gasteiger partial charge in [-0.15, -0.1) is 11.3 Å². The Hall–Kier alpha value is -2.28. The van der Waals surface area contributed by atoms with Gasteiger partial charge in [0.2, 0.25) is 0 Å². The second-order valence-electron chi connectivity index (χ2n) is 8.08. The van der Waals surface area contributed by atoms with Crippen LogP contribution in [-0.2, 0) is 28.9 Å². The van der Waals surface area contributed by atoms with Gasteiger partial charge in [-0.25, -0.2) is 4.79 Å². The number of rotatable bonds is 4. The Balaban J connectivity index is 1.72. The van der Waals surface area contributed by atoms with Crippen molar-refractivity contribution in [1.82, 2.24) is 14.8 Å². The number of thiophene rings is 1. The van der Waals surface area contributed by atoms with Crippen LogP contribution in [0.15, 0.2) is 18.3 Å². The first kappa shape index (κ1) is 20.0. The molecule has 0 bridgehead atoms. The zero-order valence-electron chi connectivity index (χ0n) is 17.4. The van der Waals surface area contributed by atoms with Gasteiger partial charge in [-0.05, 0) is 56.2 Å². The maximum Gasteiger partial charge on any atom is 0.325 e. The highest BCUT2D eigenvalue weighted by Gasteiger charge is 2.36. The summed E-state index contributed by atoms with van der Waals surface area (Å²) in [5.41, 5.74) is 3.84. The Labute approximate surface area is 175 Å². The summed E-state index contributed by atoms with van der Waals surface area (Å²) in [6.07, 6.45) is 6.78. The normalized spacial score (nSPS) is 17.9. The lowest BCUT2D eigenvalue weighted by atomic mass is 9.94. The van der Waals surface area contributed by atoms with Crippen molar-refractivity contribution in [2.24, 2.45) is 5.92 Å². The van der Waals surface area contributed by atoms with Gasteiger partial charge in [0, 0.05) is 22.3 Å². The van der Waals surface area contributed by atoms with Crippen molar-refractivity contribution in [1.29, 1.82) is 0 Å². The fraction of sp³-hybridized carbons (Fsp3) is 0.545. The molecule has 1 aliphatic heterocycles. The Kier molecular flexibility index (Phi) is 5.67. The summed E-state index contributed by atoms with van der Waals surface area (Å²) in [6, 6.07) is 3.90. The number of urea groups is 1. The monoisotopic (exact) mass is 415 g/mol. The van der Waals surface area contributed by atoms with Gasteiger partial charge in [0.15, 0.2) is 0 Å². The average Bonchev–Trinajstić information content (AvgIpc) is 3.27. The zero-order valence-corrected chi connectivity index (χ0v) is 18.2. The molecule has 0 spiro atoms. The maximum atomic E-state index is 13.2. The molecule has 1 atom stereocenters. The molecule has 6 nitrogen and oxygen atoms in total. The third-order valence-corrected chi connectivity index (χ3v) is 7.14. The second-order valence-corrected chi connectivity index (χ2v) is 9.16. The van der Waals surface area contributed by atoms with Gasteiger partial charge >= 0.3 is 12.0 Å². The molecule has 2 aromatic heterocycles. The number of aryl methyl sites for hydroxylation is 1. The Morgan fingerprint density at radius 3 is 2.83 bits per heavy atom. The van der Waals surface area contributed by atoms with E-state index in [2.05, 4.69) is 42.1 Å². The summed E-state index contributed by atoms with van der Waals surface area (Å²) < 4.78 is 7.25. The highest BCUT2D eigenvalue weighted by Crippen LogP contribution is 2.43. The Bertz CT molecular complexity index is 915. The van der Waals surface area contributed by atoms with Crippen LogP contribution in [0, 0.1) is 5.92 Å². The molecule has 156 valence electrons. The van der Waals surface area contributed by atoms with E-state index in [-0.39, 0.29) is 24.5 Å². The van der Waals surface area contributed by atoms with E-state index >= 15 is 0 Å². The van der Waals surface area contributed by atoms with Crippen molar-refractivity contribution >= 4 is 23.3 Å². The van der Waals surface area contributed by atoms with E-state index < -0.39 is 5.97 Å². The molecule has 1 aliphatic carbocycles. The quantitative estimate of drug-likeness (QED) is 0.761. The maximum absolute atomic E-state index is 13.2. The van der Waals surface area contributed by atoms with Crippen LogP contribution in [0.1, 0.15) is 61.4 Å². The van der Waals surface area contributed by atoms with E-state index in [1.165, 1.54) is 33.8 Å². The van der Waals surface area contributed by atoms with Crippen molar-refractivity contribution in [3.05, 3.63) is 40.0 Å².